The molecule has 8 nitrogen and oxygen atoms in total. The Labute approximate surface area is 192 Å². The van der Waals surface area contributed by atoms with E-state index in [1.165, 1.54) is 5.56 Å². The first kappa shape index (κ1) is 22.0. The molecule has 0 aliphatic carbocycles. The second-order valence-electron chi connectivity index (χ2n) is 7.58. The van der Waals surface area contributed by atoms with Crippen LogP contribution in [0.2, 0.25) is 0 Å². The Kier molecular flexibility index (Phi) is 6.84. The molecule has 1 aliphatic rings. The fourth-order valence-corrected chi connectivity index (χ4v) is 3.90. The number of halogens is 1. The van der Waals surface area contributed by atoms with E-state index >= 15 is 0 Å². The van der Waals surface area contributed by atoms with Gasteiger partial charge in [0.2, 0.25) is 11.8 Å². The molecule has 1 aliphatic heterocycles. The van der Waals surface area contributed by atoms with Gasteiger partial charge in [-0.2, -0.15) is 0 Å². The van der Waals surface area contributed by atoms with Crippen molar-refractivity contribution < 1.29 is 4.74 Å². The van der Waals surface area contributed by atoms with Crippen LogP contribution in [0, 0.1) is 0 Å². The Morgan fingerprint density at radius 3 is 2.78 bits per heavy atom. The van der Waals surface area contributed by atoms with Crippen molar-refractivity contribution in [1.82, 2.24) is 30.2 Å². The summed E-state index contributed by atoms with van der Waals surface area (Å²) in [6.07, 6.45) is 3.57. The van der Waals surface area contributed by atoms with Gasteiger partial charge in [-0.05, 0) is 47.5 Å². The summed E-state index contributed by atoms with van der Waals surface area (Å²) < 4.78 is 5.40. The Hall–Kier alpha value is -3.20. The smallest absolute Gasteiger partial charge is 0.221 e. The number of rotatable bonds is 6. The SMILES string of the molecule is COc1ncccc1-c1ccc2nc(Nc3cc(CN4CCNCC4)ccn3)[nH]c2c1.Cl. The summed E-state index contributed by atoms with van der Waals surface area (Å²) in [7, 11) is 1.63. The fraction of sp³-hybridized carbons (Fsp3) is 0.261. The maximum absolute atomic E-state index is 5.40. The molecule has 0 unspecified atom stereocenters. The van der Waals surface area contributed by atoms with Crippen molar-refractivity contribution >= 4 is 35.2 Å². The van der Waals surface area contributed by atoms with E-state index in [4.69, 9.17) is 4.74 Å². The molecule has 166 valence electrons. The molecule has 32 heavy (non-hydrogen) atoms. The van der Waals surface area contributed by atoms with E-state index in [1.807, 2.05) is 30.5 Å². The van der Waals surface area contributed by atoms with Gasteiger partial charge in [0, 0.05) is 50.7 Å². The molecule has 9 heteroatoms. The van der Waals surface area contributed by atoms with Gasteiger partial charge in [-0.1, -0.05) is 6.07 Å². The molecule has 0 atom stereocenters. The Balaban J connectivity index is 0.00000245. The first-order valence-corrected chi connectivity index (χ1v) is 10.4. The van der Waals surface area contributed by atoms with E-state index < -0.39 is 0 Å². The molecular weight excluding hydrogens is 426 g/mol. The van der Waals surface area contributed by atoms with Crippen LogP contribution in [0.15, 0.2) is 54.9 Å². The monoisotopic (exact) mass is 451 g/mol. The van der Waals surface area contributed by atoms with Gasteiger partial charge in [0.15, 0.2) is 0 Å². The Bertz CT molecular complexity index is 1190. The van der Waals surface area contributed by atoms with Crippen LogP contribution in [-0.2, 0) is 6.54 Å². The van der Waals surface area contributed by atoms with Gasteiger partial charge in [0.05, 0.1) is 18.1 Å². The number of aromatic nitrogens is 4. The molecule has 0 saturated carbocycles. The lowest BCUT2D eigenvalue weighted by Gasteiger charge is -2.27. The highest BCUT2D eigenvalue weighted by molar-refractivity contribution is 5.85. The van der Waals surface area contributed by atoms with Crippen molar-refractivity contribution in [2.24, 2.45) is 0 Å². The topological polar surface area (TPSA) is 91.0 Å². The van der Waals surface area contributed by atoms with E-state index in [2.05, 4.69) is 53.7 Å². The van der Waals surface area contributed by atoms with Gasteiger partial charge in [0.1, 0.15) is 5.82 Å². The standard InChI is InChI=1S/C23H25N7O.ClH/c1-31-22-18(3-2-7-26-22)17-4-5-19-20(14-17)28-23(27-19)29-21-13-16(6-8-25-21)15-30-11-9-24-10-12-30;/h2-8,13-14,24H,9-12,15H2,1H3,(H2,25,27,28,29);1H. The molecule has 1 aromatic carbocycles. The number of anilines is 2. The molecule has 0 amide bonds. The van der Waals surface area contributed by atoms with Crippen LogP contribution in [0.4, 0.5) is 11.8 Å². The number of benzene rings is 1. The molecule has 0 bridgehead atoms. The van der Waals surface area contributed by atoms with Gasteiger partial charge in [-0.25, -0.2) is 15.0 Å². The summed E-state index contributed by atoms with van der Waals surface area (Å²) in [6.45, 7) is 5.15. The third-order valence-electron chi connectivity index (χ3n) is 5.44. The summed E-state index contributed by atoms with van der Waals surface area (Å²) in [6, 6.07) is 14.1. The van der Waals surface area contributed by atoms with Crippen molar-refractivity contribution in [1.29, 1.82) is 0 Å². The minimum absolute atomic E-state index is 0. The van der Waals surface area contributed by atoms with Crippen LogP contribution in [-0.4, -0.2) is 58.1 Å². The molecule has 0 radical (unpaired) electrons. The van der Waals surface area contributed by atoms with Gasteiger partial charge in [-0.3, -0.25) is 4.90 Å². The maximum Gasteiger partial charge on any atom is 0.221 e. The summed E-state index contributed by atoms with van der Waals surface area (Å²) in [5.74, 6) is 2.04. The maximum atomic E-state index is 5.40. The van der Waals surface area contributed by atoms with Crippen LogP contribution in [0.5, 0.6) is 5.88 Å². The number of nitrogens with one attached hydrogen (secondary N) is 3. The van der Waals surface area contributed by atoms with Gasteiger partial charge < -0.3 is 20.4 Å². The van der Waals surface area contributed by atoms with Crippen molar-refractivity contribution in [3.63, 3.8) is 0 Å². The normalized spacial score (nSPS) is 14.2. The number of ether oxygens (including phenoxy) is 1. The minimum atomic E-state index is 0. The number of nitrogens with zero attached hydrogens (tertiary/aromatic N) is 4. The summed E-state index contributed by atoms with van der Waals surface area (Å²) in [5, 5.41) is 6.70. The van der Waals surface area contributed by atoms with Gasteiger partial charge in [0.25, 0.3) is 0 Å². The van der Waals surface area contributed by atoms with Crippen LogP contribution in [0.25, 0.3) is 22.2 Å². The second kappa shape index (κ2) is 9.95. The fourth-order valence-electron chi connectivity index (χ4n) is 3.90. The first-order chi connectivity index (χ1) is 15.3. The van der Waals surface area contributed by atoms with E-state index in [1.54, 1.807) is 13.3 Å². The van der Waals surface area contributed by atoms with E-state index in [0.717, 1.165) is 60.7 Å². The molecule has 0 spiro atoms. The summed E-state index contributed by atoms with van der Waals surface area (Å²) in [4.78, 5) is 19.2. The number of aromatic amines is 1. The number of hydrogen-bond donors (Lipinski definition) is 3. The van der Waals surface area contributed by atoms with Crippen LogP contribution in [0.1, 0.15) is 5.56 Å². The number of fused-ring (bicyclic) bond motifs is 1. The highest BCUT2D eigenvalue weighted by Crippen LogP contribution is 2.30. The van der Waals surface area contributed by atoms with Crippen molar-refractivity contribution in [3.05, 3.63) is 60.4 Å². The van der Waals surface area contributed by atoms with Crippen LogP contribution in [0.3, 0.4) is 0 Å². The number of methoxy groups -OCH3 is 1. The number of piperazine rings is 1. The quantitative estimate of drug-likeness (QED) is 0.412. The third kappa shape index (κ3) is 4.83. The lowest BCUT2D eigenvalue weighted by atomic mass is 10.1. The molecule has 3 aromatic heterocycles. The zero-order valence-electron chi connectivity index (χ0n) is 17.8. The van der Waals surface area contributed by atoms with E-state index in [0.29, 0.717) is 11.8 Å². The number of pyridine rings is 2. The number of hydrogen-bond acceptors (Lipinski definition) is 7. The van der Waals surface area contributed by atoms with E-state index in [9.17, 15) is 0 Å². The van der Waals surface area contributed by atoms with E-state index in [-0.39, 0.29) is 12.4 Å². The molecule has 5 rings (SSSR count). The zero-order chi connectivity index (χ0) is 21.0. The molecule has 1 saturated heterocycles. The predicted molar refractivity (Wildman–Crippen MR) is 129 cm³/mol. The minimum Gasteiger partial charge on any atom is -0.481 e. The molecule has 4 aromatic rings. The average Bonchev–Trinajstić information content (AvgIpc) is 3.21. The summed E-state index contributed by atoms with van der Waals surface area (Å²) >= 11 is 0. The van der Waals surface area contributed by atoms with Crippen molar-refractivity contribution in [2.75, 3.05) is 38.6 Å². The van der Waals surface area contributed by atoms with Gasteiger partial charge >= 0.3 is 0 Å². The molecule has 1 fully saturated rings. The number of imidazole rings is 1. The van der Waals surface area contributed by atoms with Gasteiger partial charge in [-0.15, -0.1) is 12.4 Å². The molecule has 4 heterocycles. The van der Waals surface area contributed by atoms with Crippen LogP contribution >= 0.6 is 12.4 Å². The van der Waals surface area contributed by atoms with Crippen LogP contribution < -0.4 is 15.4 Å². The average molecular weight is 452 g/mol. The largest absolute Gasteiger partial charge is 0.481 e. The Morgan fingerprint density at radius 1 is 1.06 bits per heavy atom. The highest BCUT2D eigenvalue weighted by Gasteiger charge is 2.12. The van der Waals surface area contributed by atoms with Crippen molar-refractivity contribution in [3.8, 4) is 17.0 Å². The lowest BCUT2D eigenvalue weighted by molar-refractivity contribution is 0.233. The highest BCUT2D eigenvalue weighted by atomic mass is 35.5. The molecular formula is C23H26ClN7O. The number of H-pyrrole nitrogens is 1. The summed E-state index contributed by atoms with van der Waals surface area (Å²) in [5.41, 5.74) is 5.01. The lowest BCUT2D eigenvalue weighted by Crippen LogP contribution is -2.42. The first-order valence-electron chi connectivity index (χ1n) is 10.4. The zero-order valence-corrected chi connectivity index (χ0v) is 18.7. The predicted octanol–water partition coefficient (Wildman–Crippen LogP) is 3.60. The third-order valence-corrected chi connectivity index (χ3v) is 5.44. The Morgan fingerprint density at radius 2 is 1.94 bits per heavy atom. The molecule has 3 N–H and O–H groups in total. The second-order valence-corrected chi connectivity index (χ2v) is 7.58. The van der Waals surface area contributed by atoms with Crippen molar-refractivity contribution in [2.45, 2.75) is 6.54 Å².